The maximum Gasteiger partial charge on any atom is 0.328 e. The average molecular weight is 201 g/mol. The number of carboxylic acids is 1. The molecule has 0 aliphatic rings. The minimum atomic E-state index is -1.33. The fraction of sp³-hybridized carbons (Fsp3) is 0.800. The van der Waals surface area contributed by atoms with E-state index in [1.165, 1.54) is 6.42 Å². The van der Waals surface area contributed by atoms with Gasteiger partial charge in [0.2, 0.25) is 0 Å². The van der Waals surface area contributed by atoms with Crippen LogP contribution in [0.3, 0.4) is 0 Å². The molecule has 14 heavy (non-hydrogen) atoms. The Balaban J connectivity index is 3.49. The van der Waals surface area contributed by atoms with E-state index < -0.39 is 12.0 Å². The summed E-state index contributed by atoms with van der Waals surface area (Å²) in [5, 5.41) is 8.45. The largest absolute Gasteiger partial charge is 0.480 e. The number of hydrogen-bond acceptors (Lipinski definition) is 3. The molecule has 0 rings (SSSR count). The molecule has 0 heterocycles. The quantitative estimate of drug-likeness (QED) is 0.458. The Morgan fingerprint density at radius 2 is 1.79 bits per heavy atom. The SMILES string of the molecule is CCCCCCCC(=O)C(N)C(=O)O. The summed E-state index contributed by atoms with van der Waals surface area (Å²) >= 11 is 0. The summed E-state index contributed by atoms with van der Waals surface area (Å²) in [5.41, 5.74) is 5.15. The molecule has 0 fully saturated rings. The highest BCUT2D eigenvalue weighted by molar-refractivity contribution is 6.01. The van der Waals surface area contributed by atoms with Crippen molar-refractivity contribution in [2.45, 2.75) is 51.5 Å². The Kier molecular flexibility index (Phi) is 7.02. The van der Waals surface area contributed by atoms with E-state index in [1.807, 2.05) is 0 Å². The van der Waals surface area contributed by atoms with Gasteiger partial charge in [-0.1, -0.05) is 32.6 Å². The topological polar surface area (TPSA) is 80.4 Å². The van der Waals surface area contributed by atoms with Gasteiger partial charge in [0.05, 0.1) is 0 Å². The molecule has 0 amide bonds. The molecule has 4 heteroatoms. The van der Waals surface area contributed by atoms with Crippen LogP contribution >= 0.6 is 0 Å². The standard InChI is InChI=1S/C10H19NO3/c1-2-3-4-5-6-7-8(12)9(11)10(13)14/h9H,2-7,11H2,1H3,(H,13,14). The van der Waals surface area contributed by atoms with Gasteiger partial charge in [0, 0.05) is 6.42 Å². The number of aliphatic carboxylic acids is 1. The van der Waals surface area contributed by atoms with Gasteiger partial charge in [0.1, 0.15) is 0 Å². The summed E-state index contributed by atoms with van der Waals surface area (Å²) in [6.07, 6.45) is 5.44. The highest BCUT2D eigenvalue weighted by Crippen LogP contribution is 2.06. The highest BCUT2D eigenvalue weighted by Gasteiger charge is 2.19. The molecule has 0 aromatic rings. The van der Waals surface area contributed by atoms with Gasteiger partial charge in [-0.25, -0.2) is 0 Å². The predicted octanol–water partition coefficient (Wildman–Crippen LogP) is 1.33. The molecule has 0 aromatic carbocycles. The van der Waals surface area contributed by atoms with Gasteiger partial charge in [0.15, 0.2) is 11.8 Å². The molecule has 4 nitrogen and oxygen atoms in total. The minimum absolute atomic E-state index is 0.289. The van der Waals surface area contributed by atoms with Gasteiger partial charge in [0.25, 0.3) is 0 Å². The van der Waals surface area contributed by atoms with Crippen LogP contribution in [0.1, 0.15) is 45.4 Å². The second-order valence-corrected chi connectivity index (χ2v) is 3.45. The first-order valence-corrected chi connectivity index (χ1v) is 5.10. The number of unbranched alkanes of at least 4 members (excludes halogenated alkanes) is 4. The Hall–Kier alpha value is -0.900. The van der Waals surface area contributed by atoms with Gasteiger partial charge in [-0.3, -0.25) is 9.59 Å². The van der Waals surface area contributed by atoms with Crippen LogP contribution in [0, 0.1) is 0 Å². The third kappa shape index (κ3) is 5.70. The molecule has 0 bridgehead atoms. The third-order valence-corrected chi connectivity index (χ3v) is 2.14. The Bertz CT molecular complexity index is 192. The monoisotopic (exact) mass is 201 g/mol. The maximum absolute atomic E-state index is 11.1. The molecular formula is C10H19NO3. The van der Waals surface area contributed by atoms with E-state index in [-0.39, 0.29) is 12.2 Å². The van der Waals surface area contributed by atoms with Crippen molar-refractivity contribution >= 4 is 11.8 Å². The Morgan fingerprint density at radius 3 is 2.29 bits per heavy atom. The molecule has 82 valence electrons. The lowest BCUT2D eigenvalue weighted by atomic mass is 10.1. The van der Waals surface area contributed by atoms with E-state index in [9.17, 15) is 9.59 Å². The zero-order chi connectivity index (χ0) is 11.0. The number of nitrogens with two attached hydrogens (primary N) is 1. The van der Waals surface area contributed by atoms with Crippen molar-refractivity contribution < 1.29 is 14.7 Å². The highest BCUT2D eigenvalue weighted by atomic mass is 16.4. The molecule has 0 aliphatic heterocycles. The molecule has 0 saturated heterocycles. The van der Waals surface area contributed by atoms with Gasteiger partial charge in [-0.2, -0.15) is 0 Å². The number of hydrogen-bond donors (Lipinski definition) is 2. The summed E-state index contributed by atoms with van der Waals surface area (Å²) < 4.78 is 0. The van der Waals surface area contributed by atoms with Crippen LogP contribution in [-0.4, -0.2) is 22.9 Å². The number of carboxylic acid groups (broad SMARTS) is 1. The number of Topliss-reactive ketones (excluding diaryl/α,β-unsaturated/α-hetero) is 1. The number of carbonyl (C=O) groups excluding carboxylic acids is 1. The van der Waals surface area contributed by atoms with Crippen molar-refractivity contribution in [3.05, 3.63) is 0 Å². The van der Waals surface area contributed by atoms with Crippen molar-refractivity contribution in [2.24, 2.45) is 5.73 Å². The van der Waals surface area contributed by atoms with E-state index in [2.05, 4.69) is 6.92 Å². The van der Waals surface area contributed by atoms with Crippen LogP contribution in [0.5, 0.6) is 0 Å². The molecule has 0 spiro atoms. The number of rotatable bonds is 8. The lowest BCUT2D eigenvalue weighted by Gasteiger charge is -2.04. The molecule has 0 aliphatic carbocycles. The van der Waals surface area contributed by atoms with Gasteiger partial charge in [-0.05, 0) is 6.42 Å². The van der Waals surface area contributed by atoms with Crippen LogP contribution in [0.25, 0.3) is 0 Å². The molecule has 0 radical (unpaired) electrons. The first-order chi connectivity index (χ1) is 6.59. The molecule has 3 N–H and O–H groups in total. The summed E-state index contributed by atoms with van der Waals surface area (Å²) in [7, 11) is 0. The van der Waals surface area contributed by atoms with Gasteiger partial charge >= 0.3 is 5.97 Å². The van der Waals surface area contributed by atoms with E-state index >= 15 is 0 Å². The second-order valence-electron chi connectivity index (χ2n) is 3.45. The van der Waals surface area contributed by atoms with Crippen LogP contribution in [0.2, 0.25) is 0 Å². The fourth-order valence-electron chi connectivity index (χ4n) is 1.20. The first kappa shape index (κ1) is 13.1. The van der Waals surface area contributed by atoms with Crippen molar-refractivity contribution in [3.8, 4) is 0 Å². The van der Waals surface area contributed by atoms with Crippen LogP contribution in [-0.2, 0) is 9.59 Å². The van der Waals surface area contributed by atoms with Crippen molar-refractivity contribution in [1.29, 1.82) is 0 Å². The van der Waals surface area contributed by atoms with E-state index in [0.717, 1.165) is 25.7 Å². The number of ketones is 1. The summed E-state index contributed by atoms with van der Waals surface area (Å²) in [6, 6.07) is -1.33. The lowest BCUT2D eigenvalue weighted by molar-refractivity contribution is -0.142. The normalized spacial score (nSPS) is 12.4. The molecule has 0 saturated carbocycles. The van der Waals surface area contributed by atoms with Crippen molar-refractivity contribution in [3.63, 3.8) is 0 Å². The van der Waals surface area contributed by atoms with Gasteiger partial charge in [-0.15, -0.1) is 0 Å². The van der Waals surface area contributed by atoms with E-state index in [4.69, 9.17) is 10.8 Å². The van der Waals surface area contributed by atoms with Crippen molar-refractivity contribution in [2.75, 3.05) is 0 Å². The molecule has 1 unspecified atom stereocenters. The summed E-state index contributed by atoms with van der Waals surface area (Å²) in [5.74, 6) is -1.60. The summed E-state index contributed by atoms with van der Waals surface area (Å²) in [4.78, 5) is 21.4. The molecule has 1 atom stereocenters. The van der Waals surface area contributed by atoms with Crippen LogP contribution in [0.15, 0.2) is 0 Å². The Labute approximate surface area is 84.5 Å². The Morgan fingerprint density at radius 1 is 1.21 bits per heavy atom. The lowest BCUT2D eigenvalue weighted by Crippen LogP contribution is -2.38. The van der Waals surface area contributed by atoms with Crippen LogP contribution < -0.4 is 5.73 Å². The van der Waals surface area contributed by atoms with Crippen LogP contribution in [0.4, 0.5) is 0 Å². The van der Waals surface area contributed by atoms with Crippen molar-refractivity contribution in [1.82, 2.24) is 0 Å². The fourth-order valence-corrected chi connectivity index (χ4v) is 1.20. The third-order valence-electron chi connectivity index (χ3n) is 2.14. The average Bonchev–Trinajstić information content (AvgIpc) is 2.16. The second kappa shape index (κ2) is 7.50. The predicted molar refractivity (Wildman–Crippen MR) is 54.0 cm³/mol. The smallest absolute Gasteiger partial charge is 0.328 e. The van der Waals surface area contributed by atoms with E-state index in [1.54, 1.807) is 0 Å². The maximum atomic E-state index is 11.1. The molecular weight excluding hydrogens is 182 g/mol. The first-order valence-electron chi connectivity index (χ1n) is 5.10. The number of carbonyl (C=O) groups is 2. The van der Waals surface area contributed by atoms with E-state index in [0.29, 0.717) is 0 Å². The van der Waals surface area contributed by atoms with Gasteiger partial charge < -0.3 is 10.8 Å². The summed E-state index contributed by atoms with van der Waals surface area (Å²) in [6.45, 7) is 2.12. The zero-order valence-electron chi connectivity index (χ0n) is 8.66. The zero-order valence-corrected chi connectivity index (χ0v) is 8.66. The minimum Gasteiger partial charge on any atom is -0.480 e. The molecule has 0 aromatic heterocycles.